The number of carboxylic acid groups (broad SMARTS) is 1. The summed E-state index contributed by atoms with van der Waals surface area (Å²) in [6.45, 7) is 0.573. The van der Waals surface area contributed by atoms with Gasteiger partial charge in [0.25, 0.3) is 5.91 Å². The van der Waals surface area contributed by atoms with E-state index >= 15 is 0 Å². The Labute approximate surface area is 224 Å². The highest BCUT2D eigenvalue weighted by molar-refractivity contribution is 7.89. The van der Waals surface area contributed by atoms with Gasteiger partial charge in [-0.2, -0.15) is 4.72 Å². The number of hydrogen-bond donors (Lipinski definition) is 5. The summed E-state index contributed by atoms with van der Waals surface area (Å²) in [6.07, 6.45) is 4.76. The number of phenolic OH excluding ortho intramolecular Hbond substituents is 1. The largest absolute Gasteiger partial charge is 0.508 e. The summed E-state index contributed by atoms with van der Waals surface area (Å²) >= 11 is 0. The van der Waals surface area contributed by atoms with Gasteiger partial charge in [-0.05, 0) is 61.4 Å². The number of benzene rings is 2. The standard InChI is InChI=1S/C25H27FN6O6S/c26-20-14-16(2-7-22(20)32-12-8-17(9-13-32)30-25-27-10-1-11-28-25)23(34)29-15-21(24(35)36)31-39(37,38)19-5-3-18(33)4-6-19/h1-7,10-11,14,17,21,31,33H,8-9,12-13,15H2,(H,29,34)(H,35,36)(H,27,28,30). The smallest absolute Gasteiger partial charge is 0.323 e. The highest BCUT2D eigenvalue weighted by Gasteiger charge is 2.27. The predicted molar refractivity (Wildman–Crippen MR) is 139 cm³/mol. The Hall–Kier alpha value is -4.30. The van der Waals surface area contributed by atoms with Crippen LogP contribution in [0.4, 0.5) is 16.0 Å². The lowest BCUT2D eigenvalue weighted by Gasteiger charge is -2.34. The third-order valence-electron chi connectivity index (χ3n) is 6.15. The molecule has 39 heavy (non-hydrogen) atoms. The molecular formula is C25H27FN6O6S. The third-order valence-corrected chi connectivity index (χ3v) is 7.64. The molecule has 0 radical (unpaired) electrons. The molecule has 5 N–H and O–H groups in total. The maximum Gasteiger partial charge on any atom is 0.323 e. The minimum Gasteiger partial charge on any atom is -0.508 e. The van der Waals surface area contributed by atoms with Gasteiger partial charge in [-0.15, -0.1) is 0 Å². The van der Waals surface area contributed by atoms with Gasteiger partial charge in [-0.25, -0.2) is 22.8 Å². The van der Waals surface area contributed by atoms with Crippen molar-refractivity contribution in [1.29, 1.82) is 0 Å². The van der Waals surface area contributed by atoms with Gasteiger partial charge >= 0.3 is 5.97 Å². The third kappa shape index (κ3) is 7.18. The highest BCUT2D eigenvalue weighted by Crippen LogP contribution is 2.25. The van der Waals surface area contributed by atoms with Gasteiger partial charge in [0.15, 0.2) is 0 Å². The summed E-state index contributed by atoms with van der Waals surface area (Å²) in [4.78, 5) is 34.1. The van der Waals surface area contributed by atoms with Gasteiger partial charge in [-0.3, -0.25) is 9.59 Å². The first-order valence-corrected chi connectivity index (χ1v) is 13.5. The van der Waals surface area contributed by atoms with Crippen LogP contribution in [-0.2, 0) is 14.8 Å². The Kier molecular flexibility index (Phi) is 8.56. The number of aliphatic carboxylic acids is 1. The lowest BCUT2D eigenvalue weighted by atomic mass is 10.0. The Balaban J connectivity index is 1.33. The molecular weight excluding hydrogens is 531 g/mol. The van der Waals surface area contributed by atoms with Crippen LogP contribution in [0, 0.1) is 5.82 Å². The average molecular weight is 559 g/mol. The number of anilines is 2. The van der Waals surface area contributed by atoms with Gasteiger partial charge in [0.1, 0.15) is 17.6 Å². The topological polar surface area (TPSA) is 174 Å². The van der Waals surface area contributed by atoms with Crippen LogP contribution in [0.5, 0.6) is 5.75 Å². The zero-order chi connectivity index (χ0) is 28.0. The highest BCUT2D eigenvalue weighted by atomic mass is 32.2. The maximum atomic E-state index is 14.9. The number of halogens is 1. The van der Waals surface area contributed by atoms with E-state index in [1.165, 1.54) is 12.1 Å². The van der Waals surface area contributed by atoms with Crippen molar-refractivity contribution >= 4 is 33.5 Å². The van der Waals surface area contributed by atoms with Crippen molar-refractivity contribution < 1.29 is 32.6 Å². The summed E-state index contributed by atoms with van der Waals surface area (Å²) in [5, 5.41) is 24.4. The molecule has 206 valence electrons. The normalized spacial score (nSPS) is 14.9. The number of phenols is 1. The van der Waals surface area contributed by atoms with Crippen LogP contribution in [0.3, 0.4) is 0 Å². The molecule has 1 aliphatic rings. The Bertz CT molecular complexity index is 1420. The zero-order valence-electron chi connectivity index (χ0n) is 20.6. The number of nitrogens with one attached hydrogen (secondary N) is 3. The van der Waals surface area contributed by atoms with Crippen molar-refractivity contribution in [2.45, 2.75) is 29.8 Å². The van der Waals surface area contributed by atoms with Crippen LogP contribution in [0.2, 0.25) is 0 Å². The molecule has 2 aromatic carbocycles. The minimum atomic E-state index is -4.25. The van der Waals surface area contributed by atoms with Crippen LogP contribution in [-0.4, -0.2) is 72.2 Å². The fourth-order valence-corrected chi connectivity index (χ4v) is 5.27. The molecule has 0 saturated carbocycles. The van der Waals surface area contributed by atoms with Crippen LogP contribution >= 0.6 is 0 Å². The van der Waals surface area contributed by atoms with E-state index < -0.39 is 40.3 Å². The van der Waals surface area contributed by atoms with Gasteiger partial charge in [0.2, 0.25) is 16.0 Å². The van der Waals surface area contributed by atoms with E-state index in [1.807, 2.05) is 9.62 Å². The molecule has 0 bridgehead atoms. The minimum absolute atomic E-state index is 0.0421. The lowest BCUT2D eigenvalue weighted by molar-refractivity contribution is -0.138. The second-order valence-electron chi connectivity index (χ2n) is 8.86. The van der Waals surface area contributed by atoms with Gasteiger partial charge in [0.05, 0.1) is 10.6 Å². The van der Waals surface area contributed by atoms with E-state index in [4.69, 9.17) is 0 Å². The number of aromatic hydroxyl groups is 1. The number of sulfonamides is 1. The first kappa shape index (κ1) is 27.7. The molecule has 4 rings (SSSR count). The number of rotatable bonds is 10. The molecule has 1 amide bonds. The van der Waals surface area contributed by atoms with Crippen molar-refractivity contribution in [3.05, 3.63) is 72.3 Å². The predicted octanol–water partition coefficient (Wildman–Crippen LogP) is 1.56. The van der Waals surface area contributed by atoms with E-state index in [-0.39, 0.29) is 22.3 Å². The fourth-order valence-electron chi connectivity index (χ4n) is 4.08. The fraction of sp³-hybridized carbons (Fsp3) is 0.280. The summed E-state index contributed by atoms with van der Waals surface area (Å²) < 4.78 is 41.9. The first-order chi connectivity index (χ1) is 18.6. The summed E-state index contributed by atoms with van der Waals surface area (Å²) in [7, 11) is -4.25. The summed E-state index contributed by atoms with van der Waals surface area (Å²) in [6, 6.07) is 8.65. The SMILES string of the molecule is O=C(NCC(NS(=O)(=O)c1ccc(O)cc1)C(=O)O)c1ccc(N2CCC(Nc3ncccn3)CC2)c(F)c1. The molecule has 1 aromatic heterocycles. The maximum absolute atomic E-state index is 14.9. The van der Waals surface area contributed by atoms with Crippen molar-refractivity contribution in [1.82, 2.24) is 20.0 Å². The number of piperidine rings is 1. The molecule has 1 fully saturated rings. The summed E-state index contributed by atoms with van der Waals surface area (Å²) in [5.74, 6) is -2.51. The Morgan fingerprint density at radius 3 is 2.36 bits per heavy atom. The number of amides is 1. The van der Waals surface area contributed by atoms with Crippen LogP contribution in [0.25, 0.3) is 0 Å². The van der Waals surface area contributed by atoms with Crippen LogP contribution in [0.1, 0.15) is 23.2 Å². The number of hydrogen-bond acceptors (Lipinski definition) is 9. The number of aromatic nitrogens is 2. The first-order valence-electron chi connectivity index (χ1n) is 12.0. The number of carbonyl (C=O) groups excluding carboxylic acids is 1. The van der Waals surface area contributed by atoms with E-state index in [2.05, 4.69) is 20.6 Å². The Morgan fingerprint density at radius 2 is 1.74 bits per heavy atom. The van der Waals surface area contributed by atoms with Crippen molar-refractivity contribution in [3.63, 3.8) is 0 Å². The second-order valence-corrected chi connectivity index (χ2v) is 10.6. The quantitative estimate of drug-likeness (QED) is 0.246. The van der Waals surface area contributed by atoms with Gasteiger partial charge < -0.3 is 25.7 Å². The van der Waals surface area contributed by atoms with E-state index in [0.29, 0.717) is 24.7 Å². The summed E-state index contributed by atoms with van der Waals surface area (Å²) in [5.41, 5.74) is 0.297. The number of nitrogens with zero attached hydrogens (tertiary/aromatic N) is 3. The van der Waals surface area contributed by atoms with Crippen LogP contribution in [0.15, 0.2) is 65.8 Å². The molecule has 14 heteroatoms. The number of carboxylic acids is 1. The van der Waals surface area contributed by atoms with Crippen molar-refractivity contribution in [3.8, 4) is 5.75 Å². The lowest BCUT2D eigenvalue weighted by Crippen LogP contribution is -2.48. The number of carbonyl (C=O) groups is 2. The van der Waals surface area contributed by atoms with E-state index in [9.17, 15) is 32.6 Å². The molecule has 2 heterocycles. The molecule has 12 nitrogen and oxygen atoms in total. The zero-order valence-corrected chi connectivity index (χ0v) is 21.4. The van der Waals surface area contributed by atoms with Crippen LogP contribution < -0.4 is 20.3 Å². The van der Waals surface area contributed by atoms with E-state index in [0.717, 1.165) is 43.2 Å². The molecule has 1 aliphatic heterocycles. The molecule has 1 saturated heterocycles. The van der Waals surface area contributed by atoms with Crippen molar-refractivity contribution in [2.24, 2.45) is 0 Å². The molecule has 1 atom stereocenters. The molecule has 1 unspecified atom stereocenters. The van der Waals surface area contributed by atoms with Gasteiger partial charge in [0, 0.05) is 43.6 Å². The van der Waals surface area contributed by atoms with Crippen molar-refractivity contribution in [2.75, 3.05) is 29.9 Å². The second kappa shape index (κ2) is 12.0. The molecule has 0 spiro atoms. The van der Waals surface area contributed by atoms with Gasteiger partial charge in [-0.1, -0.05) is 0 Å². The molecule has 0 aliphatic carbocycles. The Morgan fingerprint density at radius 1 is 1.08 bits per heavy atom. The van der Waals surface area contributed by atoms with E-state index in [1.54, 1.807) is 18.5 Å². The molecule has 3 aromatic rings. The average Bonchev–Trinajstić information content (AvgIpc) is 2.92. The monoisotopic (exact) mass is 558 g/mol.